The van der Waals surface area contributed by atoms with E-state index < -0.39 is 0 Å². The second-order valence-electron chi connectivity index (χ2n) is 4.31. The highest BCUT2D eigenvalue weighted by Crippen LogP contribution is 2.23. The van der Waals surface area contributed by atoms with Gasteiger partial charge < -0.3 is 10.6 Å². The van der Waals surface area contributed by atoms with E-state index in [0.717, 1.165) is 13.0 Å². The van der Waals surface area contributed by atoms with Gasteiger partial charge >= 0.3 is 0 Å². The summed E-state index contributed by atoms with van der Waals surface area (Å²) < 4.78 is 0. The molecule has 1 aromatic carbocycles. The van der Waals surface area contributed by atoms with Crippen LogP contribution in [0.3, 0.4) is 0 Å². The van der Waals surface area contributed by atoms with Gasteiger partial charge in [0.2, 0.25) is 0 Å². The average molecular weight is 259 g/mol. The van der Waals surface area contributed by atoms with Crippen molar-refractivity contribution in [3.05, 3.63) is 45.8 Å². The van der Waals surface area contributed by atoms with E-state index in [4.69, 9.17) is 5.73 Å². The first-order valence-electron chi connectivity index (χ1n) is 5.80. The molecule has 0 fully saturated rings. The van der Waals surface area contributed by atoms with Gasteiger partial charge in [0, 0.05) is 13.1 Å². The molecule has 3 rings (SSSR count). The Morgan fingerprint density at radius 3 is 2.83 bits per heavy atom. The zero-order chi connectivity index (χ0) is 12.5. The van der Waals surface area contributed by atoms with E-state index in [-0.39, 0.29) is 5.91 Å². The number of nitrogen functional groups attached to an aromatic ring is 1. The van der Waals surface area contributed by atoms with Gasteiger partial charge in [0.05, 0.1) is 5.51 Å². The predicted octanol–water partition coefficient (Wildman–Crippen LogP) is 1.92. The van der Waals surface area contributed by atoms with Gasteiger partial charge in [0.15, 0.2) is 0 Å². The maximum atomic E-state index is 12.3. The molecule has 1 aliphatic rings. The lowest BCUT2D eigenvalue weighted by Crippen LogP contribution is -2.35. The van der Waals surface area contributed by atoms with Crippen molar-refractivity contribution < 1.29 is 4.79 Å². The van der Waals surface area contributed by atoms with Crippen molar-refractivity contribution in [2.75, 3.05) is 12.3 Å². The maximum Gasteiger partial charge on any atom is 0.268 e. The van der Waals surface area contributed by atoms with Crippen molar-refractivity contribution in [3.63, 3.8) is 0 Å². The summed E-state index contributed by atoms with van der Waals surface area (Å²) in [5, 5.41) is 0. The van der Waals surface area contributed by atoms with Crippen molar-refractivity contribution in [2.45, 2.75) is 13.0 Å². The van der Waals surface area contributed by atoms with Gasteiger partial charge in [-0.25, -0.2) is 4.98 Å². The number of carbonyl (C=O) groups is 1. The molecule has 5 heteroatoms. The molecule has 0 unspecified atom stereocenters. The molecule has 2 aromatic rings. The van der Waals surface area contributed by atoms with Crippen LogP contribution < -0.4 is 5.73 Å². The number of hydrogen-bond donors (Lipinski definition) is 1. The van der Waals surface area contributed by atoms with Crippen LogP contribution in [0.4, 0.5) is 5.82 Å². The summed E-state index contributed by atoms with van der Waals surface area (Å²) >= 11 is 1.31. The minimum atomic E-state index is -0.00972. The normalized spacial score (nSPS) is 14.3. The maximum absolute atomic E-state index is 12.3. The summed E-state index contributed by atoms with van der Waals surface area (Å²) in [6, 6.07) is 8.24. The van der Waals surface area contributed by atoms with Gasteiger partial charge in [-0.3, -0.25) is 4.79 Å². The second kappa shape index (κ2) is 4.42. The molecule has 1 aromatic heterocycles. The molecule has 2 N–H and O–H groups in total. The highest BCUT2D eigenvalue weighted by atomic mass is 32.1. The zero-order valence-electron chi connectivity index (χ0n) is 9.80. The number of benzene rings is 1. The summed E-state index contributed by atoms with van der Waals surface area (Å²) in [5.74, 6) is 0.327. The topological polar surface area (TPSA) is 59.2 Å². The Hall–Kier alpha value is -1.88. The number of carbonyl (C=O) groups excluding carboxylic acids is 1. The van der Waals surface area contributed by atoms with Crippen LogP contribution in [-0.4, -0.2) is 22.3 Å². The fourth-order valence-electron chi connectivity index (χ4n) is 2.23. The summed E-state index contributed by atoms with van der Waals surface area (Å²) in [6.45, 7) is 1.40. The Labute approximate surface area is 109 Å². The molecule has 0 saturated heterocycles. The zero-order valence-corrected chi connectivity index (χ0v) is 10.6. The Kier molecular flexibility index (Phi) is 2.76. The van der Waals surface area contributed by atoms with Gasteiger partial charge in [0.25, 0.3) is 5.91 Å². The Morgan fingerprint density at radius 2 is 2.11 bits per heavy atom. The fourth-order valence-corrected chi connectivity index (χ4v) is 2.90. The van der Waals surface area contributed by atoms with Crippen molar-refractivity contribution in [3.8, 4) is 0 Å². The highest BCUT2D eigenvalue weighted by molar-refractivity contribution is 7.12. The lowest BCUT2D eigenvalue weighted by molar-refractivity contribution is 0.0740. The summed E-state index contributed by atoms with van der Waals surface area (Å²) in [5.41, 5.74) is 9.86. The van der Waals surface area contributed by atoms with Crippen molar-refractivity contribution in [1.29, 1.82) is 0 Å². The number of hydrogen-bond acceptors (Lipinski definition) is 4. The molecule has 1 aliphatic heterocycles. The molecule has 0 bridgehead atoms. The molecule has 18 heavy (non-hydrogen) atoms. The fraction of sp³-hybridized carbons (Fsp3) is 0.231. The third-order valence-electron chi connectivity index (χ3n) is 3.21. The molecular weight excluding hydrogens is 246 g/mol. The Morgan fingerprint density at radius 1 is 1.33 bits per heavy atom. The lowest BCUT2D eigenvalue weighted by Gasteiger charge is -2.28. The quantitative estimate of drug-likeness (QED) is 0.851. The average Bonchev–Trinajstić information content (AvgIpc) is 2.83. The van der Waals surface area contributed by atoms with Crippen molar-refractivity contribution in [2.24, 2.45) is 0 Å². The lowest BCUT2D eigenvalue weighted by atomic mass is 10.00. The number of rotatable bonds is 1. The SMILES string of the molecule is Nc1ncsc1C(=O)N1CCc2ccccc2C1. The standard InChI is InChI=1S/C13H13N3OS/c14-12-11(18-8-15-12)13(17)16-6-5-9-3-1-2-4-10(9)7-16/h1-4,8H,5-7,14H2. The monoisotopic (exact) mass is 259 g/mol. The number of aromatic nitrogens is 1. The number of thiazole rings is 1. The largest absolute Gasteiger partial charge is 0.382 e. The van der Waals surface area contributed by atoms with Gasteiger partial charge in [-0.2, -0.15) is 0 Å². The third kappa shape index (κ3) is 1.86. The number of nitrogens with two attached hydrogens (primary N) is 1. The van der Waals surface area contributed by atoms with Gasteiger partial charge in [-0.05, 0) is 17.5 Å². The molecule has 92 valence electrons. The van der Waals surface area contributed by atoms with Gasteiger partial charge in [-0.1, -0.05) is 24.3 Å². The van der Waals surface area contributed by atoms with Crippen LogP contribution in [0.2, 0.25) is 0 Å². The first kappa shape index (κ1) is 11.2. The molecule has 0 aliphatic carbocycles. The van der Waals surface area contributed by atoms with Gasteiger partial charge in [-0.15, -0.1) is 11.3 Å². The van der Waals surface area contributed by atoms with Crippen LogP contribution in [0, 0.1) is 0 Å². The number of fused-ring (bicyclic) bond motifs is 1. The first-order chi connectivity index (χ1) is 8.75. The summed E-state index contributed by atoms with van der Waals surface area (Å²) in [6.07, 6.45) is 0.903. The number of amides is 1. The highest BCUT2D eigenvalue weighted by Gasteiger charge is 2.24. The second-order valence-corrected chi connectivity index (χ2v) is 5.17. The Bertz CT molecular complexity index is 593. The number of anilines is 1. The molecule has 4 nitrogen and oxygen atoms in total. The predicted molar refractivity (Wildman–Crippen MR) is 71.4 cm³/mol. The summed E-state index contributed by atoms with van der Waals surface area (Å²) in [7, 11) is 0. The van der Waals surface area contributed by atoms with Crippen LogP contribution in [0.25, 0.3) is 0 Å². The van der Waals surface area contributed by atoms with E-state index in [1.54, 1.807) is 5.51 Å². The molecule has 0 spiro atoms. The van der Waals surface area contributed by atoms with Crippen LogP contribution in [0.5, 0.6) is 0 Å². The van der Waals surface area contributed by atoms with E-state index in [2.05, 4.69) is 17.1 Å². The van der Waals surface area contributed by atoms with Crippen LogP contribution >= 0.6 is 11.3 Å². The molecular formula is C13H13N3OS. The van der Waals surface area contributed by atoms with E-state index in [9.17, 15) is 4.79 Å². The van der Waals surface area contributed by atoms with E-state index >= 15 is 0 Å². The molecule has 0 radical (unpaired) electrons. The van der Waals surface area contributed by atoms with Crippen LogP contribution in [0.15, 0.2) is 29.8 Å². The van der Waals surface area contributed by atoms with Crippen LogP contribution in [-0.2, 0) is 13.0 Å². The smallest absolute Gasteiger partial charge is 0.268 e. The Balaban J connectivity index is 1.84. The van der Waals surface area contributed by atoms with Crippen molar-refractivity contribution in [1.82, 2.24) is 9.88 Å². The number of nitrogens with zero attached hydrogens (tertiary/aromatic N) is 2. The third-order valence-corrected chi connectivity index (χ3v) is 4.04. The molecule has 0 atom stereocenters. The van der Waals surface area contributed by atoms with E-state index in [1.165, 1.54) is 22.5 Å². The first-order valence-corrected chi connectivity index (χ1v) is 6.68. The van der Waals surface area contributed by atoms with Crippen LogP contribution in [0.1, 0.15) is 20.8 Å². The minimum absolute atomic E-state index is 0.00972. The van der Waals surface area contributed by atoms with E-state index in [0.29, 0.717) is 17.2 Å². The van der Waals surface area contributed by atoms with E-state index in [1.807, 2.05) is 17.0 Å². The molecule has 2 heterocycles. The minimum Gasteiger partial charge on any atom is -0.382 e. The van der Waals surface area contributed by atoms with Gasteiger partial charge in [0.1, 0.15) is 10.7 Å². The molecule has 1 amide bonds. The van der Waals surface area contributed by atoms with Crippen molar-refractivity contribution >= 4 is 23.1 Å². The summed E-state index contributed by atoms with van der Waals surface area (Å²) in [4.78, 5) is 18.6. The molecule has 0 saturated carbocycles.